The van der Waals surface area contributed by atoms with Crippen molar-refractivity contribution in [2.45, 2.75) is 46.0 Å². The van der Waals surface area contributed by atoms with Gasteiger partial charge in [-0.1, -0.05) is 13.0 Å². The van der Waals surface area contributed by atoms with Gasteiger partial charge >= 0.3 is 5.97 Å². The van der Waals surface area contributed by atoms with Crippen LogP contribution in [0.25, 0.3) is 0 Å². The fourth-order valence-corrected chi connectivity index (χ4v) is 3.31. The summed E-state index contributed by atoms with van der Waals surface area (Å²) in [6, 6.07) is 4.25. The highest BCUT2D eigenvalue weighted by atomic mass is 16.5. The van der Waals surface area contributed by atoms with Crippen LogP contribution in [0, 0.1) is 25.7 Å². The molecule has 0 bridgehead atoms. The number of carbonyl (C=O) groups excluding carboxylic acids is 1. The zero-order valence-electron chi connectivity index (χ0n) is 13.7. The summed E-state index contributed by atoms with van der Waals surface area (Å²) < 4.78 is 10.2. The first-order valence-corrected chi connectivity index (χ1v) is 7.75. The molecule has 1 aliphatic carbocycles. The normalized spacial score (nSPS) is 21.8. The van der Waals surface area contributed by atoms with Gasteiger partial charge < -0.3 is 9.47 Å². The summed E-state index contributed by atoms with van der Waals surface area (Å²) in [5.74, 6) is 2.03. The van der Waals surface area contributed by atoms with E-state index in [1.807, 2.05) is 0 Å². The van der Waals surface area contributed by atoms with Crippen LogP contribution in [0.3, 0.4) is 0 Å². The quantitative estimate of drug-likeness (QED) is 0.743. The Hall–Kier alpha value is -1.51. The van der Waals surface area contributed by atoms with Gasteiger partial charge in [0.05, 0.1) is 20.1 Å². The highest BCUT2D eigenvalue weighted by Gasteiger charge is 2.44. The van der Waals surface area contributed by atoms with Crippen molar-refractivity contribution in [1.82, 2.24) is 0 Å². The molecule has 3 unspecified atom stereocenters. The van der Waals surface area contributed by atoms with E-state index in [-0.39, 0.29) is 11.9 Å². The third-order valence-corrected chi connectivity index (χ3v) is 4.95. The molecule has 1 aromatic carbocycles. The molecule has 2 rings (SSSR count). The first-order chi connectivity index (χ1) is 10.0. The first-order valence-electron chi connectivity index (χ1n) is 7.75. The number of benzene rings is 1. The lowest BCUT2D eigenvalue weighted by Gasteiger charge is -2.20. The van der Waals surface area contributed by atoms with Crippen molar-refractivity contribution in [3.63, 3.8) is 0 Å². The summed E-state index contributed by atoms with van der Waals surface area (Å²) in [6.45, 7) is 6.50. The molecule has 3 heteroatoms. The maximum absolute atomic E-state index is 11.6. The SMILES string of the molecule is CCC(CC1CC1C(=O)OC)c1ccc(OC)c(C)c1C. The maximum atomic E-state index is 11.6. The summed E-state index contributed by atoms with van der Waals surface area (Å²) in [7, 11) is 3.19. The Kier molecular flexibility index (Phi) is 4.92. The van der Waals surface area contributed by atoms with Crippen LogP contribution in [-0.4, -0.2) is 20.2 Å². The summed E-state index contributed by atoms with van der Waals surface area (Å²) in [6.07, 6.45) is 3.15. The van der Waals surface area contributed by atoms with Crippen LogP contribution in [0.1, 0.15) is 48.8 Å². The highest BCUT2D eigenvalue weighted by Crippen LogP contribution is 2.47. The molecule has 0 heterocycles. The number of hydrogen-bond acceptors (Lipinski definition) is 3. The van der Waals surface area contributed by atoms with Crippen LogP contribution >= 0.6 is 0 Å². The zero-order valence-corrected chi connectivity index (χ0v) is 13.7. The van der Waals surface area contributed by atoms with Crippen molar-refractivity contribution in [3.8, 4) is 5.75 Å². The van der Waals surface area contributed by atoms with E-state index in [1.165, 1.54) is 23.8 Å². The molecule has 1 saturated carbocycles. The minimum Gasteiger partial charge on any atom is -0.496 e. The minimum atomic E-state index is -0.0440. The molecule has 1 aliphatic rings. The maximum Gasteiger partial charge on any atom is 0.308 e. The molecule has 1 fully saturated rings. The van der Waals surface area contributed by atoms with E-state index in [9.17, 15) is 4.79 Å². The Morgan fingerprint density at radius 1 is 1.29 bits per heavy atom. The van der Waals surface area contributed by atoms with Crippen LogP contribution in [0.5, 0.6) is 5.75 Å². The second kappa shape index (κ2) is 6.50. The van der Waals surface area contributed by atoms with Gasteiger partial charge in [-0.2, -0.15) is 0 Å². The molecule has 1 aromatic rings. The number of hydrogen-bond donors (Lipinski definition) is 0. The lowest BCUT2D eigenvalue weighted by molar-refractivity contribution is -0.142. The molecule has 3 nitrogen and oxygen atoms in total. The fourth-order valence-electron chi connectivity index (χ4n) is 3.31. The van der Waals surface area contributed by atoms with Crippen molar-refractivity contribution in [1.29, 1.82) is 0 Å². The van der Waals surface area contributed by atoms with E-state index < -0.39 is 0 Å². The van der Waals surface area contributed by atoms with Gasteiger partial charge in [0.25, 0.3) is 0 Å². The second-order valence-corrected chi connectivity index (χ2v) is 6.07. The summed E-state index contributed by atoms with van der Waals surface area (Å²) in [4.78, 5) is 11.6. The fraction of sp³-hybridized carbons (Fsp3) is 0.611. The Balaban J connectivity index is 2.12. The molecule has 116 valence electrons. The molecule has 0 radical (unpaired) electrons. The van der Waals surface area contributed by atoms with Gasteiger partial charge in [0.2, 0.25) is 0 Å². The van der Waals surface area contributed by atoms with Crippen molar-refractivity contribution in [2.24, 2.45) is 11.8 Å². The molecule has 0 saturated heterocycles. The number of carbonyl (C=O) groups is 1. The van der Waals surface area contributed by atoms with E-state index in [0.29, 0.717) is 11.8 Å². The molecule has 0 aromatic heterocycles. The lowest BCUT2D eigenvalue weighted by Crippen LogP contribution is -2.08. The van der Waals surface area contributed by atoms with Gasteiger partial charge in [-0.05, 0) is 67.7 Å². The molecular weight excluding hydrogens is 264 g/mol. The third-order valence-electron chi connectivity index (χ3n) is 4.95. The van der Waals surface area contributed by atoms with Crippen LogP contribution in [0.15, 0.2) is 12.1 Å². The number of methoxy groups -OCH3 is 2. The Morgan fingerprint density at radius 3 is 2.57 bits per heavy atom. The molecular formula is C18H26O3. The molecule has 3 atom stereocenters. The van der Waals surface area contributed by atoms with Crippen LogP contribution in [0.2, 0.25) is 0 Å². The van der Waals surface area contributed by atoms with Crippen LogP contribution in [0.4, 0.5) is 0 Å². The number of ether oxygens (including phenoxy) is 2. The van der Waals surface area contributed by atoms with Crippen LogP contribution in [-0.2, 0) is 9.53 Å². The summed E-state index contributed by atoms with van der Waals surface area (Å²) >= 11 is 0. The Morgan fingerprint density at radius 2 is 2.00 bits per heavy atom. The van der Waals surface area contributed by atoms with Crippen molar-refractivity contribution in [2.75, 3.05) is 14.2 Å². The average molecular weight is 290 g/mol. The van der Waals surface area contributed by atoms with Crippen LogP contribution < -0.4 is 4.74 Å². The van der Waals surface area contributed by atoms with Gasteiger partial charge in [0, 0.05) is 0 Å². The minimum absolute atomic E-state index is 0.0440. The standard InChI is InChI=1S/C18H26O3/c1-6-13(9-14-10-16(14)18(19)21-5)15-7-8-17(20-4)12(3)11(15)2/h7-8,13-14,16H,6,9-10H2,1-5H3. The van der Waals surface area contributed by atoms with E-state index in [0.717, 1.165) is 25.0 Å². The van der Waals surface area contributed by atoms with Gasteiger partial charge in [-0.3, -0.25) is 4.79 Å². The molecule has 21 heavy (non-hydrogen) atoms. The molecule has 0 N–H and O–H groups in total. The van der Waals surface area contributed by atoms with E-state index >= 15 is 0 Å². The topological polar surface area (TPSA) is 35.5 Å². The predicted molar refractivity (Wildman–Crippen MR) is 83.7 cm³/mol. The molecule has 0 spiro atoms. The van der Waals surface area contributed by atoms with Gasteiger partial charge in [0.1, 0.15) is 5.75 Å². The van der Waals surface area contributed by atoms with E-state index in [4.69, 9.17) is 9.47 Å². The van der Waals surface area contributed by atoms with Crippen molar-refractivity contribution >= 4 is 5.97 Å². The predicted octanol–water partition coefficient (Wildman–Crippen LogP) is 4.00. The van der Waals surface area contributed by atoms with Gasteiger partial charge in [-0.15, -0.1) is 0 Å². The summed E-state index contributed by atoms with van der Waals surface area (Å²) in [5, 5.41) is 0. The third kappa shape index (κ3) is 3.22. The highest BCUT2D eigenvalue weighted by molar-refractivity contribution is 5.75. The Bertz CT molecular complexity index is 521. The number of rotatable bonds is 6. The first kappa shape index (κ1) is 15.9. The monoisotopic (exact) mass is 290 g/mol. The smallest absolute Gasteiger partial charge is 0.308 e. The van der Waals surface area contributed by atoms with Gasteiger partial charge in [0.15, 0.2) is 0 Å². The van der Waals surface area contributed by atoms with E-state index in [1.54, 1.807) is 7.11 Å². The molecule has 0 amide bonds. The lowest BCUT2D eigenvalue weighted by atomic mass is 9.86. The van der Waals surface area contributed by atoms with Crippen molar-refractivity contribution in [3.05, 3.63) is 28.8 Å². The average Bonchev–Trinajstić information content (AvgIpc) is 3.26. The zero-order chi connectivity index (χ0) is 15.6. The van der Waals surface area contributed by atoms with Gasteiger partial charge in [-0.25, -0.2) is 0 Å². The summed E-state index contributed by atoms with van der Waals surface area (Å²) in [5.41, 5.74) is 3.93. The van der Waals surface area contributed by atoms with E-state index in [2.05, 4.69) is 32.9 Å². The second-order valence-electron chi connectivity index (χ2n) is 6.07. The Labute approximate surface area is 127 Å². The van der Waals surface area contributed by atoms with Crippen molar-refractivity contribution < 1.29 is 14.3 Å². The number of esters is 1. The largest absolute Gasteiger partial charge is 0.496 e. The molecule has 0 aliphatic heterocycles.